The molecule has 1 amide bonds. The van der Waals surface area contributed by atoms with Gasteiger partial charge in [-0.3, -0.25) is 9.52 Å². The van der Waals surface area contributed by atoms with Gasteiger partial charge in [-0.2, -0.15) is 0 Å². The molecule has 2 heterocycles. The number of sulfonamides is 1. The van der Waals surface area contributed by atoms with Crippen LogP contribution in [0.15, 0.2) is 47.4 Å². The van der Waals surface area contributed by atoms with E-state index in [9.17, 15) is 13.2 Å². The van der Waals surface area contributed by atoms with Gasteiger partial charge in [0.25, 0.3) is 10.0 Å². The summed E-state index contributed by atoms with van der Waals surface area (Å²) < 4.78 is 34.2. The lowest BCUT2D eigenvalue weighted by molar-refractivity contribution is -0.117. The number of fused-ring (bicyclic) bond motifs is 1. The van der Waals surface area contributed by atoms with Crippen molar-refractivity contribution in [1.29, 1.82) is 0 Å². The Hall–Kier alpha value is -2.65. The van der Waals surface area contributed by atoms with Gasteiger partial charge in [-0.15, -0.1) is 0 Å². The number of hydrogen-bond donors (Lipinski definition) is 1. The molecule has 146 valence electrons. The minimum absolute atomic E-state index is 0.0645. The molecular formula is C19H19N3O4S2. The zero-order chi connectivity index (χ0) is 19.7. The molecule has 1 saturated heterocycles. The molecule has 9 heteroatoms. The zero-order valence-electron chi connectivity index (χ0n) is 15.2. The summed E-state index contributed by atoms with van der Waals surface area (Å²) in [5.41, 5.74) is 1.42. The van der Waals surface area contributed by atoms with Crippen LogP contribution in [0, 0.1) is 0 Å². The Bertz CT molecular complexity index is 1120. The summed E-state index contributed by atoms with van der Waals surface area (Å²) in [4.78, 5) is 18.0. The Balaban J connectivity index is 1.55. The minimum atomic E-state index is -3.77. The van der Waals surface area contributed by atoms with Crippen molar-refractivity contribution >= 4 is 48.3 Å². The van der Waals surface area contributed by atoms with Crippen LogP contribution < -0.4 is 14.4 Å². The molecule has 0 radical (unpaired) electrons. The smallest absolute Gasteiger partial charge is 0.263 e. The van der Waals surface area contributed by atoms with Gasteiger partial charge >= 0.3 is 0 Å². The van der Waals surface area contributed by atoms with Crippen LogP contribution in [0.25, 0.3) is 10.2 Å². The maximum atomic E-state index is 12.7. The van der Waals surface area contributed by atoms with Crippen molar-refractivity contribution in [1.82, 2.24) is 4.98 Å². The molecule has 0 bridgehead atoms. The van der Waals surface area contributed by atoms with Crippen LogP contribution in [0.3, 0.4) is 0 Å². The molecule has 0 saturated carbocycles. The van der Waals surface area contributed by atoms with Crippen LogP contribution in [-0.4, -0.2) is 32.5 Å². The molecule has 0 unspecified atom stereocenters. The summed E-state index contributed by atoms with van der Waals surface area (Å²) >= 11 is 1.25. The number of carbonyl (C=O) groups is 1. The molecule has 28 heavy (non-hydrogen) atoms. The second-order valence-corrected chi connectivity index (χ2v) is 9.04. The quantitative estimate of drug-likeness (QED) is 0.662. The van der Waals surface area contributed by atoms with Crippen LogP contribution >= 0.6 is 11.3 Å². The number of rotatable bonds is 6. The van der Waals surface area contributed by atoms with Crippen molar-refractivity contribution in [2.24, 2.45) is 0 Å². The summed E-state index contributed by atoms with van der Waals surface area (Å²) in [5, 5.41) is 0.294. The van der Waals surface area contributed by atoms with Gasteiger partial charge in [-0.25, -0.2) is 13.4 Å². The Kier molecular flexibility index (Phi) is 4.94. The van der Waals surface area contributed by atoms with E-state index in [0.29, 0.717) is 35.9 Å². The number of aromatic nitrogens is 1. The van der Waals surface area contributed by atoms with Gasteiger partial charge in [0, 0.05) is 18.7 Å². The molecule has 7 nitrogen and oxygen atoms in total. The van der Waals surface area contributed by atoms with Crippen LogP contribution in [0.1, 0.15) is 19.8 Å². The van der Waals surface area contributed by atoms with E-state index in [1.807, 2.05) is 19.1 Å². The Labute approximate surface area is 167 Å². The van der Waals surface area contributed by atoms with E-state index in [1.54, 1.807) is 23.1 Å². The van der Waals surface area contributed by atoms with Crippen LogP contribution in [-0.2, 0) is 14.8 Å². The summed E-state index contributed by atoms with van der Waals surface area (Å²) in [6.45, 7) is 3.13. The summed E-state index contributed by atoms with van der Waals surface area (Å²) in [7, 11) is -3.77. The molecule has 1 aliphatic rings. The normalized spacial score (nSPS) is 14.6. The average molecular weight is 418 g/mol. The second-order valence-electron chi connectivity index (χ2n) is 6.33. The van der Waals surface area contributed by atoms with E-state index in [2.05, 4.69) is 9.71 Å². The van der Waals surface area contributed by atoms with Crippen molar-refractivity contribution in [3.63, 3.8) is 0 Å². The highest BCUT2D eigenvalue weighted by atomic mass is 32.2. The summed E-state index contributed by atoms with van der Waals surface area (Å²) in [5.74, 6) is 0.787. The lowest BCUT2D eigenvalue weighted by atomic mass is 10.3. The highest BCUT2D eigenvalue weighted by Gasteiger charge is 2.23. The molecule has 1 aliphatic heterocycles. The Morgan fingerprint density at radius 1 is 1.21 bits per heavy atom. The molecule has 1 aromatic heterocycles. The molecule has 0 atom stereocenters. The number of anilines is 2. The third kappa shape index (κ3) is 3.67. The van der Waals surface area contributed by atoms with E-state index < -0.39 is 10.0 Å². The lowest BCUT2D eigenvalue weighted by Gasteiger charge is -2.16. The van der Waals surface area contributed by atoms with Crippen molar-refractivity contribution < 1.29 is 17.9 Å². The highest BCUT2D eigenvalue weighted by Crippen LogP contribution is 2.31. The number of nitrogens with zero attached hydrogens (tertiary/aromatic N) is 2. The number of amides is 1. The van der Waals surface area contributed by atoms with E-state index >= 15 is 0 Å². The number of ether oxygens (including phenoxy) is 1. The van der Waals surface area contributed by atoms with Crippen LogP contribution in [0.4, 0.5) is 10.8 Å². The van der Waals surface area contributed by atoms with E-state index in [0.717, 1.165) is 16.9 Å². The fraction of sp³-hybridized carbons (Fsp3) is 0.263. The van der Waals surface area contributed by atoms with Crippen molar-refractivity contribution in [2.45, 2.75) is 24.7 Å². The summed E-state index contributed by atoms with van der Waals surface area (Å²) in [6, 6.07) is 11.8. The predicted molar refractivity (Wildman–Crippen MR) is 110 cm³/mol. The molecule has 1 fully saturated rings. The largest absolute Gasteiger partial charge is 0.494 e. The number of carbonyl (C=O) groups excluding carboxylic acids is 1. The van der Waals surface area contributed by atoms with Crippen LogP contribution in [0.5, 0.6) is 5.75 Å². The molecular weight excluding hydrogens is 398 g/mol. The fourth-order valence-electron chi connectivity index (χ4n) is 3.11. The number of nitrogens with one attached hydrogen (secondary N) is 1. The fourth-order valence-corrected chi connectivity index (χ4v) is 5.23. The van der Waals surface area contributed by atoms with Gasteiger partial charge in [0.05, 0.1) is 21.7 Å². The maximum absolute atomic E-state index is 12.7. The van der Waals surface area contributed by atoms with Gasteiger partial charge in [-0.1, -0.05) is 11.3 Å². The van der Waals surface area contributed by atoms with Gasteiger partial charge < -0.3 is 9.64 Å². The van der Waals surface area contributed by atoms with Crippen LogP contribution in [0.2, 0.25) is 0 Å². The zero-order valence-corrected chi connectivity index (χ0v) is 16.8. The van der Waals surface area contributed by atoms with E-state index in [1.165, 1.54) is 23.5 Å². The van der Waals surface area contributed by atoms with Gasteiger partial charge in [0.1, 0.15) is 5.75 Å². The standard InChI is InChI=1S/C19H19N3O4S2/c1-2-26-14-7-10-16-17(12-14)27-19(20-16)21-28(24,25)15-8-5-13(6-9-15)22-11-3-4-18(22)23/h5-10,12H,2-4,11H2,1H3,(H,20,21). The molecule has 0 spiro atoms. The van der Waals surface area contributed by atoms with E-state index in [-0.39, 0.29) is 10.8 Å². The monoisotopic (exact) mass is 417 g/mol. The topological polar surface area (TPSA) is 88.6 Å². The maximum Gasteiger partial charge on any atom is 0.263 e. The minimum Gasteiger partial charge on any atom is -0.494 e. The molecule has 2 aromatic carbocycles. The molecule has 0 aliphatic carbocycles. The Morgan fingerprint density at radius 2 is 2.00 bits per heavy atom. The third-order valence-electron chi connectivity index (χ3n) is 4.42. The van der Waals surface area contributed by atoms with Gasteiger partial charge in [-0.05, 0) is 55.8 Å². The summed E-state index contributed by atoms with van der Waals surface area (Å²) in [6.07, 6.45) is 1.35. The predicted octanol–water partition coefficient (Wildman–Crippen LogP) is 3.62. The molecule has 1 N–H and O–H groups in total. The first-order chi connectivity index (χ1) is 13.5. The third-order valence-corrected chi connectivity index (χ3v) is 6.84. The van der Waals surface area contributed by atoms with Crippen molar-refractivity contribution in [2.75, 3.05) is 22.8 Å². The first-order valence-electron chi connectivity index (χ1n) is 8.93. The molecule has 4 rings (SSSR count). The van der Waals surface area contributed by atoms with Crippen molar-refractivity contribution in [3.8, 4) is 5.75 Å². The Morgan fingerprint density at radius 3 is 2.68 bits per heavy atom. The first kappa shape index (κ1) is 18.7. The number of hydrogen-bond acceptors (Lipinski definition) is 6. The van der Waals surface area contributed by atoms with Gasteiger partial charge in [0.15, 0.2) is 5.13 Å². The van der Waals surface area contributed by atoms with Gasteiger partial charge in [0.2, 0.25) is 5.91 Å². The lowest BCUT2D eigenvalue weighted by Crippen LogP contribution is -2.23. The number of thiazole rings is 1. The second kappa shape index (κ2) is 7.40. The first-order valence-corrected chi connectivity index (χ1v) is 11.2. The van der Waals surface area contributed by atoms with E-state index in [4.69, 9.17) is 4.74 Å². The SMILES string of the molecule is CCOc1ccc2nc(NS(=O)(=O)c3ccc(N4CCCC4=O)cc3)sc2c1. The van der Waals surface area contributed by atoms with Crippen molar-refractivity contribution in [3.05, 3.63) is 42.5 Å². The highest BCUT2D eigenvalue weighted by molar-refractivity contribution is 7.93. The molecule has 3 aromatic rings. The average Bonchev–Trinajstić information content (AvgIpc) is 3.26. The number of benzene rings is 2.